The maximum Gasteiger partial charge on any atom is 2.00 e. The Labute approximate surface area is 151 Å². The zero-order valence-electron chi connectivity index (χ0n) is 9.02. The molecule has 0 radical (unpaired) electrons. The Kier molecular flexibility index (Phi) is 5.44. The van der Waals surface area contributed by atoms with Gasteiger partial charge in [-0.15, -0.1) is 0 Å². The van der Waals surface area contributed by atoms with Gasteiger partial charge in [-0.1, -0.05) is 0 Å². The zero-order chi connectivity index (χ0) is 10.5. The number of carbonyl (C=O) groups is 1. The van der Waals surface area contributed by atoms with Crippen LogP contribution >= 0.6 is 63.7 Å². The average Bonchev–Trinajstić information content (AvgIpc) is 2.54. The number of amides is 2. The second-order valence-corrected chi connectivity index (χ2v) is 5.63. The smallest absolute Gasteiger partial charge is 1.00 e. The summed E-state index contributed by atoms with van der Waals surface area (Å²) in [7, 11) is 0. The summed E-state index contributed by atoms with van der Waals surface area (Å²) in [6.45, 7) is 0. The molecular weight excluding hydrogens is 488 g/mol. The van der Waals surface area contributed by atoms with Gasteiger partial charge >= 0.3 is 43.8 Å². The third kappa shape index (κ3) is 2.58. The minimum atomic E-state index is -0.480. The van der Waals surface area contributed by atoms with Crippen molar-refractivity contribution in [1.82, 2.24) is 0 Å². The second-order valence-electron chi connectivity index (χ2n) is 2.46. The Hall–Kier alpha value is 1.67. The summed E-state index contributed by atoms with van der Waals surface area (Å²) in [5.74, 6) is 0. The molecule has 1 aromatic carbocycles. The third-order valence-corrected chi connectivity index (χ3v) is 6.36. The van der Waals surface area contributed by atoms with Crippen LogP contribution in [0.2, 0.25) is 0 Å². The number of benzene rings is 1. The van der Waals surface area contributed by atoms with Crippen molar-refractivity contribution in [2.75, 3.05) is 0 Å². The Balaban J connectivity index is 0. The molecule has 0 atom stereocenters. The van der Waals surface area contributed by atoms with Gasteiger partial charge in [-0.25, -0.2) is 4.79 Å². The first-order chi connectivity index (χ1) is 6.52. The van der Waals surface area contributed by atoms with E-state index in [-0.39, 0.29) is 40.6 Å². The van der Waals surface area contributed by atoms with Crippen LogP contribution in [0.5, 0.6) is 0 Å². The van der Waals surface area contributed by atoms with E-state index in [9.17, 15) is 4.79 Å². The van der Waals surface area contributed by atoms with E-state index in [1.165, 1.54) is 0 Å². The standard InChI is InChI=1S/C7Br4N2O.Ca.2H/c8-1-2(9)4(11)6-5(3(1)10)12-7(14)13-6;;;/q;+2;2*-1. The van der Waals surface area contributed by atoms with E-state index < -0.39 is 6.03 Å². The van der Waals surface area contributed by atoms with Gasteiger partial charge < -0.3 is 2.85 Å². The third-order valence-electron chi connectivity index (χ3n) is 1.63. The number of hydrogen-bond acceptors (Lipinski definition) is 1. The molecule has 0 N–H and O–H groups in total. The van der Waals surface area contributed by atoms with Crippen molar-refractivity contribution < 1.29 is 7.65 Å². The van der Waals surface area contributed by atoms with E-state index in [1.807, 2.05) is 0 Å². The molecule has 0 aromatic heterocycles. The van der Waals surface area contributed by atoms with Gasteiger partial charge in [0, 0.05) is 8.95 Å². The molecule has 2 rings (SSSR count). The molecular formula is C7H2Br4CaN2O. The van der Waals surface area contributed by atoms with Crippen LogP contribution in [0.15, 0.2) is 27.9 Å². The van der Waals surface area contributed by atoms with Crippen molar-refractivity contribution >= 4 is 107 Å². The molecule has 8 heteroatoms. The molecule has 1 aliphatic heterocycles. The van der Waals surface area contributed by atoms with Crippen molar-refractivity contribution in [1.29, 1.82) is 0 Å². The van der Waals surface area contributed by atoms with Gasteiger partial charge in [-0.05, 0) is 63.7 Å². The first-order valence-corrected chi connectivity index (χ1v) is 6.53. The van der Waals surface area contributed by atoms with Crippen LogP contribution in [-0.4, -0.2) is 43.8 Å². The topological polar surface area (TPSA) is 41.8 Å². The van der Waals surface area contributed by atoms with Crippen LogP contribution in [0.4, 0.5) is 4.79 Å². The first kappa shape index (κ1) is 14.7. The summed E-state index contributed by atoms with van der Waals surface area (Å²) in [4.78, 5) is 18.6. The molecule has 0 aliphatic carbocycles. The Bertz CT molecular complexity index is 531. The molecule has 0 saturated heterocycles. The van der Waals surface area contributed by atoms with Gasteiger partial charge in [0.2, 0.25) is 0 Å². The fourth-order valence-electron chi connectivity index (χ4n) is 1.03. The molecule has 3 nitrogen and oxygen atoms in total. The molecule has 0 bridgehead atoms. The van der Waals surface area contributed by atoms with Gasteiger partial charge in [-0.2, -0.15) is 9.98 Å². The number of hydrogen-bond donors (Lipinski definition) is 0. The van der Waals surface area contributed by atoms with E-state index in [4.69, 9.17) is 0 Å². The first-order valence-electron chi connectivity index (χ1n) is 3.35. The number of nitrogens with zero attached hydrogens (tertiary/aromatic N) is 2. The summed E-state index contributed by atoms with van der Waals surface area (Å²) < 4.78 is 3.04. The van der Waals surface area contributed by atoms with Gasteiger partial charge in [0.25, 0.3) is 0 Å². The van der Waals surface area contributed by atoms with Gasteiger partial charge in [0.1, 0.15) is 10.7 Å². The van der Waals surface area contributed by atoms with E-state index in [2.05, 4.69) is 73.7 Å². The van der Waals surface area contributed by atoms with Crippen molar-refractivity contribution in [3.63, 3.8) is 0 Å². The van der Waals surface area contributed by atoms with E-state index in [0.29, 0.717) is 10.7 Å². The monoisotopic (exact) mass is 486 g/mol. The van der Waals surface area contributed by atoms with Crippen molar-refractivity contribution in [2.24, 2.45) is 9.98 Å². The van der Waals surface area contributed by atoms with E-state index >= 15 is 0 Å². The van der Waals surface area contributed by atoms with Crippen LogP contribution in [0, 0.1) is 0 Å². The normalized spacial score (nSPS) is 12.7. The fourth-order valence-corrected chi connectivity index (χ4v) is 3.28. The predicted octanol–water partition coefficient (Wildman–Crippen LogP) is 2.95. The molecule has 1 heterocycles. The van der Waals surface area contributed by atoms with E-state index in [0.717, 1.165) is 17.9 Å². The summed E-state index contributed by atoms with van der Waals surface area (Å²) in [6, 6.07) is -0.480. The van der Waals surface area contributed by atoms with Crippen molar-refractivity contribution in [3.05, 3.63) is 28.6 Å². The summed E-state index contributed by atoms with van der Waals surface area (Å²) in [5, 5.41) is 1.11. The molecule has 0 saturated carbocycles. The van der Waals surface area contributed by atoms with Crippen LogP contribution in [0.3, 0.4) is 0 Å². The minimum Gasteiger partial charge on any atom is -1.00 e. The van der Waals surface area contributed by atoms with Crippen molar-refractivity contribution in [2.45, 2.75) is 0 Å². The maximum atomic E-state index is 11.0. The Morgan fingerprint density at radius 3 is 1.47 bits per heavy atom. The zero-order valence-corrected chi connectivity index (χ0v) is 15.6. The molecule has 1 aromatic rings. The second kappa shape index (κ2) is 5.54. The van der Waals surface area contributed by atoms with Crippen LogP contribution < -0.4 is 10.7 Å². The van der Waals surface area contributed by atoms with E-state index in [1.54, 1.807) is 0 Å². The Morgan fingerprint density at radius 2 is 1.13 bits per heavy atom. The molecule has 15 heavy (non-hydrogen) atoms. The Morgan fingerprint density at radius 1 is 0.800 bits per heavy atom. The van der Waals surface area contributed by atoms with Crippen molar-refractivity contribution in [3.8, 4) is 0 Å². The fraction of sp³-hybridized carbons (Fsp3) is 0. The summed E-state index contributed by atoms with van der Waals surface area (Å²) in [6.07, 6.45) is 0. The molecule has 1 aliphatic rings. The molecule has 76 valence electrons. The van der Waals surface area contributed by atoms with Gasteiger partial charge in [-0.3, -0.25) is 0 Å². The SMILES string of the molecule is O=C1N=c2c(Br)c(Br)c(Br)c(Br)c2=N1.[Ca+2].[H-].[H-]. The molecule has 0 unspecified atom stereocenters. The number of rotatable bonds is 0. The number of carbonyl (C=O) groups excluding carboxylic acids is 1. The molecule has 0 fully saturated rings. The average molecular weight is 490 g/mol. The molecule has 0 spiro atoms. The summed E-state index contributed by atoms with van der Waals surface area (Å²) in [5.41, 5.74) is 0. The number of urea groups is 1. The minimum absolute atomic E-state index is 0. The summed E-state index contributed by atoms with van der Waals surface area (Å²) >= 11 is 13.4. The maximum absolute atomic E-state index is 11.0. The molecule has 2 amide bonds. The number of halogens is 4. The predicted molar refractivity (Wildman–Crippen MR) is 72.9 cm³/mol. The van der Waals surface area contributed by atoms with Gasteiger partial charge in [0.15, 0.2) is 0 Å². The van der Waals surface area contributed by atoms with Crippen LogP contribution in [-0.2, 0) is 0 Å². The van der Waals surface area contributed by atoms with Crippen LogP contribution in [0.25, 0.3) is 0 Å². The number of fused-ring (bicyclic) bond motifs is 1. The van der Waals surface area contributed by atoms with Crippen LogP contribution in [0.1, 0.15) is 2.85 Å². The largest absolute Gasteiger partial charge is 2.00 e. The van der Waals surface area contributed by atoms with Gasteiger partial charge in [0.05, 0.1) is 8.95 Å². The quantitative estimate of drug-likeness (QED) is 0.314.